The number of hydrogen-bond donors (Lipinski definition) is 1. The number of nitrogens with zero attached hydrogens (tertiary/aromatic N) is 2. The van der Waals surface area contributed by atoms with Crippen LogP contribution in [0.25, 0.3) is 0 Å². The Morgan fingerprint density at radius 2 is 1.59 bits per heavy atom. The van der Waals surface area contributed by atoms with Crippen LogP contribution in [0.2, 0.25) is 10.0 Å². The number of nitrogens with two attached hydrogens (primary N) is 1. The molecule has 116 valence electrons. The summed E-state index contributed by atoms with van der Waals surface area (Å²) in [4.78, 5) is 4.81. The molecule has 2 aromatic rings. The molecule has 22 heavy (non-hydrogen) atoms. The number of benzene rings is 2. The van der Waals surface area contributed by atoms with Gasteiger partial charge in [0, 0.05) is 54.1 Å². The fraction of sp³-hybridized carbons (Fsp3) is 0.294. The van der Waals surface area contributed by atoms with Gasteiger partial charge in [-0.05, 0) is 42.0 Å². The molecule has 3 nitrogen and oxygen atoms in total. The maximum absolute atomic E-state index is 6.25. The first kappa shape index (κ1) is 15.5. The number of anilines is 2. The number of hydrogen-bond acceptors (Lipinski definition) is 3. The van der Waals surface area contributed by atoms with Gasteiger partial charge in [-0.2, -0.15) is 0 Å². The molecule has 2 N–H and O–H groups in total. The molecule has 0 amide bonds. The second-order valence-corrected chi connectivity index (χ2v) is 6.43. The molecule has 1 aliphatic heterocycles. The number of piperazine rings is 1. The molecular weight excluding hydrogens is 317 g/mol. The Morgan fingerprint density at radius 1 is 0.909 bits per heavy atom. The Kier molecular flexibility index (Phi) is 4.77. The van der Waals surface area contributed by atoms with Crippen LogP contribution in [-0.2, 0) is 6.54 Å². The maximum atomic E-state index is 6.25. The lowest BCUT2D eigenvalue weighted by atomic mass is 10.2. The zero-order valence-electron chi connectivity index (χ0n) is 12.3. The molecule has 0 spiro atoms. The molecule has 0 atom stereocenters. The van der Waals surface area contributed by atoms with E-state index >= 15 is 0 Å². The van der Waals surface area contributed by atoms with Gasteiger partial charge in [-0.25, -0.2) is 0 Å². The smallest absolute Gasteiger partial charge is 0.0465 e. The van der Waals surface area contributed by atoms with E-state index in [4.69, 9.17) is 28.9 Å². The van der Waals surface area contributed by atoms with Crippen LogP contribution in [0.3, 0.4) is 0 Å². The van der Waals surface area contributed by atoms with Gasteiger partial charge in [0.15, 0.2) is 0 Å². The first-order valence-corrected chi connectivity index (χ1v) is 8.14. The van der Waals surface area contributed by atoms with E-state index < -0.39 is 0 Å². The van der Waals surface area contributed by atoms with Gasteiger partial charge in [-0.1, -0.05) is 29.3 Å². The SMILES string of the molecule is Nc1ccc(N2CCN(Cc3ccc(Cl)cc3Cl)CC2)cc1. The van der Waals surface area contributed by atoms with Crippen LogP contribution >= 0.6 is 23.2 Å². The number of nitrogen functional groups attached to an aromatic ring is 1. The zero-order chi connectivity index (χ0) is 15.5. The molecule has 0 unspecified atom stereocenters. The Morgan fingerprint density at radius 3 is 2.23 bits per heavy atom. The van der Waals surface area contributed by atoms with Crippen LogP contribution < -0.4 is 10.6 Å². The predicted octanol–water partition coefficient (Wildman–Crippen LogP) is 3.90. The van der Waals surface area contributed by atoms with E-state index in [2.05, 4.69) is 21.9 Å². The predicted molar refractivity (Wildman–Crippen MR) is 94.8 cm³/mol. The van der Waals surface area contributed by atoms with Gasteiger partial charge in [0.1, 0.15) is 0 Å². The third-order valence-corrected chi connectivity index (χ3v) is 4.63. The molecule has 0 aromatic heterocycles. The minimum atomic E-state index is 0.682. The summed E-state index contributed by atoms with van der Waals surface area (Å²) >= 11 is 12.2. The van der Waals surface area contributed by atoms with Crippen LogP contribution in [0.15, 0.2) is 42.5 Å². The second kappa shape index (κ2) is 6.78. The van der Waals surface area contributed by atoms with Crippen LogP contribution in [0.4, 0.5) is 11.4 Å². The van der Waals surface area contributed by atoms with E-state index in [0.717, 1.165) is 49.0 Å². The number of halogens is 2. The molecule has 1 fully saturated rings. The van der Waals surface area contributed by atoms with Crippen molar-refractivity contribution in [2.75, 3.05) is 36.8 Å². The Bertz CT molecular complexity index is 635. The topological polar surface area (TPSA) is 32.5 Å². The van der Waals surface area contributed by atoms with Crippen molar-refractivity contribution in [3.8, 4) is 0 Å². The number of rotatable bonds is 3. The van der Waals surface area contributed by atoms with Crippen molar-refractivity contribution in [2.45, 2.75) is 6.54 Å². The summed E-state index contributed by atoms with van der Waals surface area (Å²) in [6.45, 7) is 4.92. The fourth-order valence-electron chi connectivity index (χ4n) is 2.74. The molecule has 3 rings (SSSR count). The summed E-state index contributed by atoms with van der Waals surface area (Å²) in [5.74, 6) is 0. The summed E-state index contributed by atoms with van der Waals surface area (Å²) in [5.41, 5.74) is 8.91. The van der Waals surface area contributed by atoms with Crippen molar-refractivity contribution < 1.29 is 0 Å². The summed E-state index contributed by atoms with van der Waals surface area (Å²) < 4.78 is 0. The van der Waals surface area contributed by atoms with Crippen molar-refractivity contribution in [3.63, 3.8) is 0 Å². The quantitative estimate of drug-likeness (QED) is 0.863. The standard InChI is InChI=1S/C17H19Cl2N3/c18-14-2-1-13(17(19)11-14)12-21-7-9-22(10-8-21)16-5-3-15(20)4-6-16/h1-6,11H,7-10,12,20H2. The van der Waals surface area contributed by atoms with E-state index in [0.29, 0.717) is 5.02 Å². The van der Waals surface area contributed by atoms with Crippen molar-refractivity contribution >= 4 is 34.6 Å². The average Bonchev–Trinajstić information content (AvgIpc) is 2.52. The van der Waals surface area contributed by atoms with Gasteiger partial charge in [-0.3, -0.25) is 4.90 Å². The molecular formula is C17H19Cl2N3. The van der Waals surface area contributed by atoms with E-state index in [1.54, 1.807) is 0 Å². The summed E-state index contributed by atoms with van der Waals surface area (Å²) in [6.07, 6.45) is 0. The van der Waals surface area contributed by atoms with Crippen LogP contribution in [-0.4, -0.2) is 31.1 Å². The third-order valence-electron chi connectivity index (χ3n) is 4.04. The van der Waals surface area contributed by atoms with Crippen LogP contribution in [0.5, 0.6) is 0 Å². The molecule has 1 heterocycles. The molecule has 2 aromatic carbocycles. The van der Waals surface area contributed by atoms with E-state index in [-0.39, 0.29) is 0 Å². The Labute approximate surface area is 141 Å². The summed E-state index contributed by atoms with van der Waals surface area (Å²) in [6, 6.07) is 13.8. The fourth-order valence-corrected chi connectivity index (χ4v) is 3.21. The van der Waals surface area contributed by atoms with Gasteiger partial charge in [0.05, 0.1) is 0 Å². The first-order chi connectivity index (χ1) is 10.6. The second-order valence-electron chi connectivity index (χ2n) is 5.59. The highest BCUT2D eigenvalue weighted by Gasteiger charge is 2.18. The van der Waals surface area contributed by atoms with Crippen LogP contribution in [0, 0.1) is 0 Å². The van der Waals surface area contributed by atoms with Gasteiger partial charge >= 0.3 is 0 Å². The van der Waals surface area contributed by atoms with Crippen molar-refractivity contribution in [3.05, 3.63) is 58.1 Å². The molecule has 0 bridgehead atoms. The average molecular weight is 336 g/mol. The van der Waals surface area contributed by atoms with E-state index in [1.165, 1.54) is 5.69 Å². The minimum absolute atomic E-state index is 0.682. The Balaban J connectivity index is 1.58. The van der Waals surface area contributed by atoms with Crippen molar-refractivity contribution in [2.24, 2.45) is 0 Å². The summed E-state index contributed by atoms with van der Waals surface area (Å²) in [5, 5.41) is 1.43. The molecule has 0 radical (unpaired) electrons. The molecule has 1 saturated heterocycles. The maximum Gasteiger partial charge on any atom is 0.0465 e. The van der Waals surface area contributed by atoms with Gasteiger partial charge in [0.2, 0.25) is 0 Å². The van der Waals surface area contributed by atoms with Crippen LogP contribution in [0.1, 0.15) is 5.56 Å². The third kappa shape index (κ3) is 3.67. The lowest BCUT2D eigenvalue weighted by Gasteiger charge is -2.36. The lowest BCUT2D eigenvalue weighted by molar-refractivity contribution is 0.250. The Hall–Kier alpha value is -1.42. The minimum Gasteiger partial charge on any atom is -0.399 e. The first-order valence-electron chi connectivity index (χ1n) is 7.38. The normalized spacial score (nSPS) is 16.0. The van der Waals surface area contributed by atoms with E-state index in [9.17, 15) is 0 Å². The highest BCUT2D eigenvalue weighted by Crippen LogP contribution is 2.23. The van der Waals surface area contributed by atoms with Crippen molar-refractivity contribution in [1.82, 2.24) is 4.90 Å². The molecule has 0 saturated carbocycles. The zero-order valence-corrected chi connectivity index (χ0v) is 13.8. The van der Waals surface area contributed by atoms with Gasteiger partial charge in [-0.15, -0.1) is 0 Å². The highest BCUT2D eigenvalue weighted by molar-refractivity contribution is 6.35. The van der Waals surface area contributed by atoms with Gasteiger partial charge < -0.3 is 10.6 Å². The lowest BCUT2D eigenvalue weighted by Crippen LogP contribution is -2.46. The molecule has 1 aliphatic rings. The van der Waals surface area contributed by atoms with Gasteiger partial charge in [0.25, 0.3) is 0 Å². The van der Waals surface area contributed by atoms with E-state index in [1.807, 2.05) is 30.3 Å². The molecule has 0 aliphatic carbocycles. The largest absolute Gasteiger partial charge is 0.399 e. The van der Waals surface area contributed by atoms with Crippen molar-refractivity contribution in [1.29, 1.82) is 0 Å². The highest BCUT2D eigenvalue weighted by atomic mass is 35.5. The summed E-state index contributed by atoms with van der Waals surface area (Å²) in [7, 11) is 0. The monoisotopic (exact) mass is 335 g/mol. The molecule has 5 heteroatoms.